The number of hydrogen-bond acceptors (Lipinski definition) is 2. The van der Waals surface area contributed by atoms with Crippen molar-refractivity contribution in [2.45, 2.75) is 19.8 Å². The summed E-state index contributed by atoms with van der Waals surface area (Å²) in [5.74, 6) is -1.10. The first-order valence-corrected chi connectivity index (χ1v) is 3.20. The summed E-state index contributed by atoms with van der Waals surface area (Å²) in [6.07, 6.45) is 1.16. The lowest BCUT2D eigenvalue weighted by Gasteiger charge is -2.03. The van der Waals surface area contributed by atoms with Crippen molar-refractivity contribution >= 4 is 5.97 Å². The maximum Gasteiger partial charge on any atom is 0.306 e. The molecule has 0 amide bonds. The number of allylic oxidation sites excluding steroid dienone is 1. The van der Waals surface area contributed by atoms with Crippen molar-refractivity contribution in [3.63, 3.8) is 0 Å². The molecule has 0 aromatic heterocycles. The Kier molecular flexibility index (Phi) is 3.54. The Morgan fingerprint density at radius 1 is 1.80 bits per heavy atom. The van der Waals surface area contributed by atoms with Gasteiger partial charge in [0, 0.05) is 5.70 Å². The molecule has 3 N–H and O–H groups in total. The summed E-state index contributed by atoms with van der Waals surface area (Å²) in [6, 6.07) is 0. The van der Waals surface area contributed by atoms with Crippen LogP contribution in [0.5, 0.6) is 0 Å². The van der Waals surface area contributed by atoms with Crippen LogP contribution in [0.25, 0.3) is 0 Å². The Bertz CT molecular complexity index is 143. The summed E-state index contributed by atoms with van der Waals surface area (Å²) in [6.45, 7) is 5.13. The molecule has 58 valence electrons. The highest BCUT2D eigenvalue weighted by Gasteiger charge is 2.09. The molecule has 0 saturated heterocycles. The minimum atomic E-state index is -0.777. The third kappa shape index (κ3) is 3.95. The molecular weight excluding hydrogens is 130 g/mol. The Labute approximate surface area is 60.5 Å². The van der Waals surface area contributed by atoms with Crippen LogP contribution in [0.1, 0.15) is 19.8 Å². The van der Waals surface area contributed by atoms with Gasteiger partial charge in [0.25, 0.3) is 0 Å². The minimum Gasteiger partial charge on any atom is -0.481 e. The zero-order valence-electron chi connectivity index (χ0n) is 6.13. The van der Waals surface area contributed by atoms with Crippen LogP contribution < -0.4 is 5.73 Å². The van der Waals surface area contributed by atoms with Gasteiger partial charge in [0.15, 0.2) is 0 Å². The molecule has 0 aromatic rings. The average molecular weight is 143 g/mol. The molecule has 3 nitrogen and oxygen atoms in total. The molecule has 0 spiro atoms. The van der Waals surface area contributed by atoms with Crippen molar-refractivity contribution in [2.75, 3.05) is 0 Å². The average Bonchev–Trinajstić information content (AvgIpc) is 1.82. The standard InChI is InChI=1S/C7H13NO2/c1-5(7(9)10)3-4-6(2)8/h5H,2-4,8H2,1H3,(H,9,10). The second-order valence-corrected chi connectivity index (χ2v) is 2.44. The summed E-state index contributed by atoms with van der Waals surface area (Å²) in [7, 11) is 0. The smallest absolute Gasteiger partial charge is 0.306 e. The second kappa shape index (κ2) is 3.93. The topological polar surface area (TPSA) is 63.3 Å². The molecule has 1 atom stereocenters. The van der Waals surface area contributed by atoms with E-state index in [2.05, 4.69) is 6.58 Å². The van der Waals surface area contributed by atoms with E-state index in [9.17, 15) is 4.79 Å². The molecule has 0 heterocycles. The Balaban J connectivity index is 3.49. The van der Waals surface area contributed by atoms with Crippen LogP contribution in [-0.4, -0.2) is 11.1 Å². The predicted molar refractivity (Wildman–Crippen MR) is 39.4 cm³/mol. The van der Waals surface area contributed by atoms with Crippen LogP contribution in [-0.2, 0) is 4.79 Å². The molecular formula is C7H13NO2. The van der Waals surface area contributed by atoms with Crippen LogP contribution in [0.4, 0.5) is 0 Å². The first-order valence-electron chi connectivity index (χ1n) is 3.20. The Hall–Kier alpha value is -0.990. The second-order valence-electron chi connectivity index (χ2n) is 2.44. The van der Waals surface area contributed by atoms with Crippen molar-refractivity contribution in [3.05, 3.63) is 12.3 Å². The summed E-state index contributed by atoms with van der Waals surface area (Å²) in [4.78, 5) is 10.2. The molecule has 0 saturated carbocycles. The van der Waals surface area contributed by atoms with E-state index in [0.29, 0.717) is 18.5 Å². The van der Waals surface area contributed by atoms with Gasteiger partial charge in [-0.05, 0) is 12.8 Å². The quantitative estimate of drug-likeness (QED) is 0.616. The Morgan fingerprint density at radius 3 is 2.60 bits per heavy atom. The van der Waals surface area contributed by atoms with Crippen LogP contribution in [0.3, 0.4) is 0 Å². The van der Waals surface area contributed by atoms with E-state index in [0.717, 1.165) is 0 Å². The minimum absolute atomic E-state index is 0.319. The molecule has 3 heteroatoms. The van der Waals surface area contributed by atoms with Gasteiger partial charge in [-0.1, -0.05) is 13.5 Å². The molecule has 0 aliphatic carbocycles. The van der Waals surface area contributed by atoms with E-state index in [-0.39, 0.29) is 5.92 Å². The maximum absolute atomic E-state index is 10.2. The summed E-state index contributed by atoms with van der Waals surface area (Å²) < 4.78 is 0. The zero-order valence-corrected chi connectivity index (χ0v) is 6.13. The molecule has 0 rings (SSSR count). The highest BCUT2D eigenvalue weighted by atomic mass is 16.4. The van der Waals surface area contributed by atoms with Gasteiger partial charge in [-0.25, -0.2) is 0 Å². The van der Waals surface area contributed by atoms with Crippen LogP contribution >= 0.6 is 0 Å². The van der Waals surface area contributed by atoms with Crippen molar-refractivity contribution in [1.82, 2.24) is 0 Å². The molecule has 0 radical (unpaired) electrons. The lowest BCUT2D eigenvalue weighted by Crippen LogP contribution is -2.10. The normalized spacial score (nSPS) is 12.5. The van der Waals surface area contributed by atoms with E-state index in [4.69, 9.17) is 10.8 Å². The molecule has 0 aliphatic heterocycles. The first-order chi connectivity index (χ1) is 4.54. The lowest BCUT2D eigenvalue weighted by atomic mass is 10.1. The fraction of sp³-hybridized carbons (Fsp3) is 0.571. The van der Waals surface area contributed by atoms with Gasteiger partial charge in [-0.2, -0.15) is 0 Å². The molecule has 0 fully saturated rings. The predicted octanol–water partition coefficient (Wildman–Crippen LogP) is 0.960. The van der Waals surface area contributed by atoms with Gasteiger partial charge in [0.1, 0.15) is 0 Å². The first kappa shape index (κ1) is 9.01. The number of nitrogens with two attached hydrogens (primary N) is 1. The number of carboxylic acids is 1. The fourth-order valence-corrected chi connectivity index (χ4v) is 0.525. The summed E-state index contributed by atoms with van der Waals surface area (Å²) in [5.41, 5.74) is 5.80. The third-order valence-electron chi connectivity index (χ3n) is 1.32. The zero-order chi connectivity index (χ0) is 8.15. The number of aliphatic carboxylic acids is 1. The van der Waals surface area contributed by atoms with Gasteiger partial charge < -0.3 is 10.8 Å². The number of carboxylic acid groups (broad SMARTS) is 1. The van der Waals surface area contributed by atoms with Crippen LogP contribution in [0, 0.1) is 5.92 Å². The van der Waals surface area contributed by atoms with Crippen LogP contribution in [0.2, 0.25) is 0 Å². The molecule has 10 heavy (non-hydrogen) atoms. The van der Waals surface area contributed by atoms with Gasteiger partial charge in [-0.15, -0.1) is 0 Å². The number of hydrogen-bond donors (Lipinski definition) is 2. The highest BCUT2D eigenvalue weighted by Crippen LogP contribution is 2.07. The van der Waals surface area contributed by atoms with Crippen molar-refractivity contribution in [1.29, 1.82) is 0 Å². The Morgan fingerprint density at radius 2 is 2.30 bits per heavy atom. The summed E-state index contributed by atoms with van der Waals surface area (Å²) in [5, 5.41) is 8.42. The van der Waals surface area contributed by atoms with E-state index in [1.165, 1.54) is 0 Å². The largest absolute Gasteiger partial charge is 0.481 e. The van der Waals surface area contributed by atoms with E-state index in [1.54, 1.807) is 6.92 Å². The van der Waals surface area contributed by atoms with Crippen LogP contribution in [0.15, 0.2) is 12.3 Å². The van der Waals surface area contributed by atoms with Crippen molar-refractivity contribution in [3.8, 4) is 0 Å². The van der Waals surface area contributed by atoms with Gasteiger partial charge >= 0.3 is 5.97 Å². The fourth-order valence-electron chi connectivity index (χ4n) is 0.525. The molecule has 0 aliphatic rings. The van der Waals surface area contributed by atoms with E-state index >= 15 is 0 Å². The molecule has 1 unspecified atom stereocenters. The lowest BCUT2D eigenvalue weighted by molar-refractivity contribution is -0.141. The number of carbonyl (C=O) groups is 1. The van der Waals surface area contributed by atoms with Gasteiger partial charge in [0.05, 0.1) is 5.92 Å². The van der Waals surface area contributed by atoms with E-state index < -0.39 is 5.97 Å². The highest BCUT2D eigenvalue weighted by molar-refractivity contribution is 5.69. The van der Waals surface area contributed by atoms with Gasteiger partial charge in [-0.3, -0.25) is 4.79 Å². The summed E-state index contributed by atoms with van der Waals surface area (Å²) >= 11 is 0. The number of rotatable bonds is 4. The van der Waals surface area contributed by atoms with Gasteiger partial charge in [0.2, 0.25) is 0 Å². The maximum atomic E-state index is 10.2. The molecule has 0 aromatic carbocycles. The third-order valence-corrected chi connectivity index (χ3v) is 1.32. The monoisotopic (exact) mass is 143 g/mol. The van der Waals surface area contributed by atoms with E-state index in [1.807, 2.05) is 0 Å². The van der Waals surface area contributed by atoms with Crippen molar-refractivity contribution < 1.29 is 9.90 Å². The molecule has 0 bridgehead atoms. The van der Waals surface area contributed by atoms with Crippen molar-refractivity contribution in [2.24, 2.45) is 11.7 Å². The SMILES string of the molecule is C=C(N)CCC(C)C(=O)O.